The Morgan fingerprint density at radius 2 is 1.62 bits per heavy atom. The maximum atomic E-state index is 13.4. The first kappa shape index (κ1) is 23.5. The number of aryl methyl sites for hydroxylation is 2. The summed E-state index contributed by atoms with van der Waals surface area (Å²) in [5, 5.41) is 4.36. The summed E-state index contributed by atoms with van der Waals surface area (Å²) in [6.45, 7) is 7.58. The fourth-order valence-electron chi connectivity index (χ4n) is 3.81. The third kappa shape index (κ3) is 5.10. The summed E-state index contributed by atoms with van der Waals surface area (Å²) < 4.78 is 5.22. The van der Waals surface area contributed by atoms with Gasteiger partial charge in [0.25, 0.3) is 5.91 Å². The number of hydrogen-bond donors (Lipinski definition) is 1. The number of carbonyl (C=O) groups is 2. The van der Waals surface area contributed by atoms with Crippen molar-refractivity contribution in [2.24, 2.45) is 0 Å². The number of pyridine rings is 1. The van der Waals surface area contributed by atoms with Gasteiger partial charge in [0.2, 0.25) is 0 Å². The monoisotopic (exact) mass is 472 g/mol. The first-order valence-corrected chi connectivity index (χ1v) is 11.4. The molecule has 5 nitrogen and oxygen atoms in total. The molecular weight excluding hydrogens is 448 g/mol. The van der Waals surface area contributed by atoms with E-state index in [0.717, 1.165) is 27.6 Å². The van der Waals surface area contributed by atoms with Crippen molar-refractivity contribution in [1.82, 2.24) is 4.98 Å². The Kier molecular flexibility index (Phi) is 6.66. The van der Waals surface area contributed by atoms with Crippen molar-refractivity contribution < 1.29 is 14.3 Å². The average Bonchev–Trinajstić information content (AvgIpc) is 2.79. The highest BCUT2D eigenvalue weighted by molar-refractivity contribution is 6.30. The molecular formula is C28H25ClN2O3. The molecule has 6 heteroatoms. The van der Waals surface area contributed by atoms with Gasteiger partial charge in [0, 0.05) is 21.7 Å². The van der Waals surface area contributed by atoms with Crippen LogP contribution in [-0.2, 0) is 4.74 Å². The van der Waals surface area contributed by atoms with Crippen LogP contribution in [0.2, 0.25) is 5.02 Å². The minimum absolute atomic E-state index is 0.200. The second-order valence-corrected chi connectivity index (χ2v) is 8.96. The van der Waals surface area contributed by atoms with Gasteiger partial charge in [0.15, 0.2) is 0 Å². The molecule has 0 radical (unpaired) electrons. The van der Waals surface area contributed by atoms with Crippen LogP contribution in [0.1, 0.15) is 45.7 Å². The number of aromatic nitrogens is 1. The van der Waals surface area contributed by atoms with Crippen LogP contribution in [-0.4, -0.2) is 23.0 Å². The van der Waals surface area contributed by atoms with Crippen molar-refractivity contribution in [3.05, 3.63) is 94.0 Å². The summed E-state index contributed by atoms with van der Waals surface area (Å²) in [6, 6.07) is 19.9. The number of anilines is 1. The van der Waals surface area contributed by atoms with Gasteiger partial charge in [-0.3, -0.25) is 4.79 Å². The second-order valence-electron chi connectivity index (χ2n) is 8.53. The highest BCUT2D eigenvalue weighted by Crippen LogP contribution is 2.29. The standard InChI is InChI=1S/C28H25ClN2O3/c1-16(2)34-28(33)20-7-11-22(12-8-20)30-27(32)24-15-25(19-5-9-21(29)10-6-19)31-26-18(4)13-17(3)14-23(24)26/h5-16H,1-4H3,(H,30,32). The number of amides is 1. The number of ether oxygens (including phenoxy) is 1. The molecule has 0 atom stereocenters. The Morgan fingerprint density at radius 1 is 0.941 bits per heavy atom. The molecule has 0 unspecified atom stereocenters. The Labute approximate surface area is 203 Å². The number of nitrogens with zero attached hydrogens (tertiary/aromatic N) is 1. The van der Waals surface area contributed by atoms with Gasteiger partial charge in [-0.25, -0.2) is 9.78 Å². The van der Waals surface area contributed by atoms with Crippen LogP contribution in [0.4, 0.5) is 5.69 Å². The van der Waals surface area contributed by atoms with Crippen molar-refractivity contribution >= 4 is 40.1 Å². The molecule has 0 spiro atoms. The number of benzene rings is 3. The normalized spacial score (nSPS) is 11.0. The van der Waals surface area contributed by atoms with E-state index in [4.69, 9.17) is 21.3 Å². The van der Waals surface area contributed by atoms with Crippen LogP contribution >= 0.6 is 11.6 Å². The Hall–Kier alpha value is -3.70. The Balaban J connectivity index is 1.71. The summed E-state index contributed by atoms with van der Waals surface area (Å²) in [5.41, 5.74) is 5.90. The van der Waals surface area contributed by atoms with E-state index in [9.17, 15) is 9.59 Å². The summed E-state index contributed by atoms with van der Waals surface area (Å²) >= 11 is 6.05. The zero-order chi connectivity index (χ0) is 24.4. The molecule has 0 fully saturated rings. The molecule has 4 aromatic rings. The molecule has 0 bridgehead atoms. The molecule has 4 rings (SSSR count). The highest BCUT2D eigenvalue weighted by Gasteiger charge is 2.17. The molecule has 3 aromatic carbocycles. The molecule has 1 N–H and O–H groups in total. The molecule has 1 amide bonds. The molecule has 1 heterocycles. The quantitative estimate of drug-likeness (QED) is 0.318. The van der Waals surface area contributed by atoms with E-state index in [2.05, 4.69) is 11.4 Å². The molecule has 172 valence electrons. The van der Waals surface area contributed by atoms with Crippen LogP contribution < -0.4 is 5.32 Å². The Bertz CT molecular complexity index is 1380. The number of fused-ring (bicyclic) bond motifs is 1. The van der Waals surface area contributed by atoms with E-state index >= 15 is 0 Å². The van der Waals surface area contributed by atoms with Gasteiger partial charge in [-0.1, -0.05) is 35.4 Å². The number of rotatable bonds is 5. The smallest absolute Gasteiger partial charge is 0.338 e. The number of nitrogens with one attached hydrogen (secondary N) is 1. The summed E-state index contributed by atoms with van der Waals surface area (Å²) in [4.78, 5) is 30.3. The predicted molar refractivity (Wildman–Crippen MR) is 137 cm³/mol. The van der Waals surface area contributed by atoms with Gasteiger partial charge < -0.3 is 10.1 Å². The molecule has 0 aliphatic carbocycles. The lowest BCUT2D eigenvalue weighted by molar-refractivity contribution is 0.0378. The van der Waals surface area contributed by atoms with Gasteiger partial charge in [-0.05, 0) is 81.8 Å². The lowest BCUT2D eigenvalue weighted by Crippen LogP contribution is -2.14. The maximum Gasteiger partial charge on any atom is 0.338 e. The first-order chi connectivity index (χ1) is 16.2. The van der Waals surface area contributed by atoms with E-state index in [1.54, 1.807) is 56.3 Å². The van der Waals surface area contributed by atoms with E-state index in [-0.39, 0.29) is 12.0 Å². The van der Waals surface area contributed by atoms with Gasteiger partial charge in [-0.15, -0.1) is 0 Å². The minimum Gasteiger partial charge on any atom is -0.459 e. The predicted octanol–water partition coefficient (Wildman–Crippen LogP) is 6.99. The van der Waals surface area contributed by atoms with Gasteiger partial charge >= 0.3 is 5.97 Å². The first-order valence-electron chi connectivity index (χ1n) is 11.0. The summed E-state index contributed by atoms with van der Waals surface area (Å²) in [7, 11) is 0. The number of hydrogen-bond acceptors (Lipinski definition) is 4. The lowest BCUT2D eigenvalue weighted by Gasteiger charge is -2.13. The average molecular weight is 473 g/mol. The van der Waals surface area contributed by atoms with Crippen molar-refractivity contribution in [2.75, 3.05) is 5.32 Å². The third-order valence-corrected chi connectivity index (χ3v) is 5.61. The molecule has 0 aliphatic rings. The number of esters is 1. The fraction of sp³-hybridized carbons (Fsp3) is 0.179. The Morgan fingerprint density at radius 3 is 2.26 bits per heavy atom. The van der Waals surface area contributed by atoms with Crippen molar-refractivity contribution in [1.29, 1.82) is 0 Å². The molecule has 0 saturated carbocycles. The second kappa shape index (κ2) is 9.65. The van der Waals surface area contributed by atoms with Crippen molar-refractivity contribution in [3.8, 4) is 11.3 Å². The molecule has 34 heavy (non-hydrogen) atoms. The van der Waals surface area contributed by atoms with Crippen LogP contribution in [0, 0.1) is 13.8 Å². The van der Waals surface area contributed by atoms with E-state index < -0.39 is 5.97 Å². The van der Waals surface area contributed by atoms with Crippen molar-refractivity contribution in [2.45, 2.75) is 33.8 Å². The van der Waals surface area contributed by atoms with Crippen LogP contribution in [0.5, 0.6) is 0 Å². The molecule has 0 saturated heterocycles. The largest absolute Gasteiger partial charge is 0.459 e. The van der Waals surface area contributed by atoms with Crippen LogP contribution in [0.25, 0.3) is 22.2 Å². The molecule has 0 aliphatic heterocycles. The summed E-state index contributed by atoms with van der Waals surface area (Å²) in [6.07, 6.45) is -0.200. The van der Waals surface area contributed by atoms with Gasteiger partial charge in [0.05, 0.1) is 28.4 Å². The van der Waals surface area contributed by atoms with Gasteiger partial charge in [0.1, 0.15) is 0 Å². The summed E-state index contributed by atoms with van der Waals surface area (Å²) in [5.74, 6) is -0.656. The lowest BCUT2D eigenvalue weighted by atomic mass is 9.99. The number of carbonyl (C=O) groups excluding carboxylic acids is 2. The van der Waals surface area contributed by atoms with Gasteiger partial charge in [-0.2, -0.15) is 0 Å². The SMILES string of the molecule is Cc1cc(C)c2nc(-c3ccc(Cl)cc3)cc(C(=O)Nc3ccc(C(=O)OC(C)C)cc3)c2c1. The van der Waals surface area contributed by atoms with E-state index in [1.165, 1.54) is 0 Å². The van der Waals surface area contributed by atoms with Crippen LogP contribution in [0.3, 0.4) is 0 Å². The zero-order valence-electron chi connectivity index (χ0n) is 19.5. The molecule has 1 aromatic heterocycles. The van der Waals surface area contributed by atoms with Crippen molar-refractivity contribution in [3.63, 3.8) is 0 Å². The van der Waals surface area contributed by atoms with Crippen LogP contribution in [0.15, 0.2) is 66.7 Å². The number of halogens is 1. The third-order valence-electron chi connectivity index (χ3n) is 5.35. The van der Waals surface area contributed by atoms with E-state index in [0.29, 0.717) is 27.5 Å². The highest BCUT2D eigenvalue weighted by atomic mass is 35.5. The topological polar surface area (TPSA) is 68.3 Å². The zero-order valence-corrected chi connectivity index (χ0v) is 20.2. The van der Waals surface area contributed by atoms with E-state index in [1.807, 2.05) is 32.0 Å². The minimum atomic E-state index is -0.397. The maximum absolute atomic E-state index is 13.4. The fourth-order valence-corrected chi connectivity index (χ4v) is 3.93.